The molecule has 1 saturated heterocycles. The molecule has 0 radical (unpaired) electrons. The lowest BCUT2D eigenvalue weighted by Crippen LogP contribution is -2.38. The van der Waals surface area contributed by atoms with Gasteiger partial charge in [-0.1, -0.05) is 12.1 Å². The first-order valence-electron chi connectivity index (χ1n) is 7.66. The highest BCUT2D eigenvalue weighted by atomic mass is 32.2. The van der Waals surface area contributed by atoms with E-state index < -0.39 is 10.0 Å². The molecule has 1 aromatic carbocycles. The first-order valence-corrected chi connectivity index (χ1v) is 9.10. The van der Waals surface area contributed by atoms with Crippen LogP contribution in [0.5, 0.6) is 0 Å². The van der Waals surface area contributed by atoms with E-state index in [0.29, 0.717) is 30.4 Å². The van der Waals surface area contributed by atoms with Crippen LogP contribution < -0.4 is 5.73 Å². The van der Waals surface area contributed by atoms with Crippen LogP contribution in [-0.2, 0) is 10.0 Å². The van der Waals surface area contributed by atoms with Gasteiger partial charge in [0, 0.05) is 36.3 Å². The summed E-state index contributed by atoms with van der Waals surface area (Å²) >= 11 is 0. The highest BCUT2D eigenvalue weighted by molar-refractivity contribution is 7.89. The lowest BCUT2D eigenvalue weighted by Gasteiger charge is -2.31. The lowest BCUT2D eigenvalue weighted by atomic mass is 9.95. The van der Waals surface area contributed by atoms with Gasteiger partial charge in [0.15, 0.2) is 0 Å². The van der Waals surface area contributed by atoms with Crippen molar-refractivity contribution in [2.75, 3.05) is 19.6 Å². The molecule has 2 heterocycles. The zero-order valence-electron chi connectivity index (χ0n) is 12.5. The summed E-state index contributed by atoms with van der Waals surface area (Å²) < 4.78 is 27.5. The highest BCUT2D eigenvalue weighted by Crippen LogP contribution is 2.29. The highest BCUT2D eigenvalue weighted by Gasteiger charge is 2.30. The van der Waals surface area contributed by atoms with Crippen molar-refractivity contribution in [3.05, 3.63) is 36.7 Å². The molecule has 2 N–H and O–H groups in total. The maximum absolute atomic E-state index is 12.9. The molecule has 118 valence electrons. The Morgan fingerprint density at radius 3 is 2.73 bits per heavy atom. The minimum atomic E-state index is -3.45. The number of rotatable bonds is 4. The minimum absolute atomic E-state index is 0.379. The van der Waals surface area contributed by atoms with Crippen LogP contribution in [0.15, 0.2) is 41.6 Å². The number of sulfonamides is 1. The Kier molecular flexibility index (Phi) is 4.42. The van der Waals surface area contributed by atoms with E-state index in [9.17, 15) is 8.42 Å². The molecule has 1 aliphatic heterocycles. The van der Waals surface area contributed by atoms with Gasteiger partial charge in [0.2, 0.25) is 10.0 Å². The van der Waals surface area contributed by atoms with Gasteiger partial charge in [-0.3, -0.25) is 4.98 Å². The van der Waals surface area contributed by atoms with Crippen molar-refractivity contribution in [3.63, 3.8) is 0 Å². The molecule has 1 aromatic heterocycles. The number of nitrogens with two attached hydrogens (primary N) is 1. The molecule has 0 saturated carbocycles. The smallest absolute Gasteiger partial charge is 0.243 e. The second-order valence-corrected chi connectivity index (χ2v) is 7.68. The topological polar surface area (TPSA) is 76.3 Å². The third kappa shape index (κ3) is 2.86. The maximum atomic E-state index is 12.9. The predicted octanol–water partition coefficient (Wildman–Crippen LogP) is 1.98. The Bertz CT molecular complexity index is 748. The van der Waals surface area contributed by atoms with Gasteiger partial charge in [0.1, 0.15) is 0 Å². The van der Waals surface area contributed by atoms with Crippen molar-refractivity contribution in [2.24, 2.45) is 11.7 Å². The van der Waals surface area contributed by atoms with Crippen LogP contribution in [0.2, 0.25) is 0 Å². The minimum Gasteiger partial charge on any atom is -0.330 e. The average Bonchev–Trinajstić information content (AvgIpc) is 2.55. The van der Waals surface area contributed by atoms with E-state index in [2.05, 4.69) is 4.98 Å². The summed E-state index contributed by atoms with van der Waals surface area (Å²) in [7, 11) is -3.45. The maximum Gasteiger partial charge on any atom is 0.243 e. The number of piperidine rings is 1. The Balaban J connectivity index is 1.90. The van der Waals surface area contributed by atoms with Gasteiger partial charge < -0.3 is 5.73 Å². The number of pyridine rings is 1. The van der Waals surface area contributed by atoms with E-state index in [1.807, 2.05) is 6.07 Å². The second-order valence-electron chi connectivity index (χ2n) is 5.78. The Hall–Kier alpha value is -1.50. The monoisotopic (exact) mass is 319 g/mol. The molecule has 3 rings (SSSR count). The summed E-state index contributed by atoms with van der Waals surface area (Å²) in [6, 6.07) is 7.11. The number of hydrogen-bond donors (Lipinski definition) is 1. The van der Waals surface area contributed by atoms with E-state index in [1.165, 1.54) is 0 Å². The van der Waals surface area contributed by atoms with Crippen molar-refractivity contribution in [1.29, 1.82) is 0 Å². The van der Waals surface area contributed by atoms with Gasteiger partial charge in [-0.25, -0.2) is 8.42 Å². The SMILES string of the molecule is NCCC1CCN(S(=O)(=O)c2cccc3cnccc23)CC1. The lowest BCUT2D eigenvalue weighted by molar-refractivity contribution is 0.266. The van der Waals surface area contributed by atoms with Crippen LogP contribution in [0.25, 0.3) is 10.8 Å². The zero-order valence-corrected chi connectivity index (χ0v) is 13.3. The quantitative estimate of drug-likeness (QED) is 0.935. The van der Waals surface area contributed by atoms with E-state index in [-0.39, 0.29) is 0 Å². The first kappa shape index (κ1) is 15.4. The van der Waals surface area contributed by atoms with Crippen molar-refractivity contribution in [3.8, 4) is 0 Å². The molecular formula is C16H21N3O2S. The van der Waals surface area contributed by atoms with E-state index >= 15 is 0 Å². The van der Waals surface area contributed by atoms with Gasteiger partial charge in [0.05, 0.1) is 4.90 Å². The summed E-state index contributed by atoms with van der Waals surface area (Å²) in [4.78, 5) is 4.44. The summed E-state index contributed by atoms with van der Waals surface area (Å²) in [5.74, 6) is 0.549. The number of hydrogen-bond acceptors (Lipinski definition) is 4. The molecule has 0 unspecified atom stereocenters. The fourth-order valence-corrected chi connectivity index (χ4v) is 4.81. The Morgan fingerprint density at radius 1 is 1.23 bits per heavy atom. The Labute approximate surface area is 131 Å². The van der Waals surface area contributed by atoms with E-state index in [1.54, 1.807) is 34.9 Å². The van der Waals surface area contributed by atoms with Gasteiger partial charge in [-0.05, 0) is 43.9 Å². The molecule has 0 bridgehead atoms. The van der Waals surface area contributed by atoms with Crippen LogP contribution >= 0.6 is 0 Å². The molecule has 0 atom stereocenters. The standard InChI is InChI=1S/C16H21N3O2S/c17-8-4-13-6-10-19(11-7-13)22(20,21)16-3-1-2-14-12-18-9-5-15(14)16/h1-3,5,9,12-13H,4,6-8,10-11,17H2. The summed E-state index contributed by atoms with van der Waals surface area (Å²) in [5, 5.41) is 1.59. The fraction of sp³-hybridized carbons (Fsp3) is 0.438. The molecule has 0 amide bonds. The van der Waals surface area contributed by atoms with Crippen LogP contribution in [0.3, 0.4) is 0 Å². The largest absolute Gasteiger partial charge is 0.330 e. The van der Waals surface area contributed by atoms with Crippen LogP contribution in [0.4, 0.5) is 0 Å². The van der Waals surface area contributed by atoms with Gasteiger partial charge in [0.25, 0.3) is 0 Å². The molecule has 0 spiro atoms. The zero-order chi connectivity index (χ0) is 15.6. The fourth-order valence-electron chi connectivity index (χ4n) is 3.13. The number of fused-ring (bicyclic) bond motifs is 1. The summed E-state index contributed by atoms with van der Waals surface area (Å²) in [6.45, 7) is 1.83. The van der Waals surface area contributed by atoms with Gasteiger partial charge in [-0.2, -0.15) is 4.31 Å². The van der Waals surface area contributed by atoms with E-state index in [4.69, 9.17) is 5.73 Å². The number of nitrogens with zero attached hydrogens (tertiary/aromatic N) is 2. The summed E-state index contributed by atoms with van der Waals surface area (Å²) in [6.07, 6.45) is 6.09. The molecule has 22 heavy (non-hydrogen) atoms. The molecule has 2 aromatic rings. The normalized spacial score (nSPS) is 17.9. The van der Waals surface area contributed by atoms with Crippen LogP contribution in [0.1, 0.15) is 19.3 Å². The summed E-state index contributed by atoms with van der Waals surface area (Å²) in [5.41, 5.74) is 5.60. The molecule has 5 nitrogen and oxygen atoms in total. The van der Waals surface area contributed by atoms with Gasteiger partial charge >= 0.3 is 0 Å². The van der Waals surface area contributed by atoms with Crippen molar-refractivity contribution in [2.45, 2.75) is 24.2 Å². The molecular weight excluding hydrogens is 298 g/mol. The average molecular weight is 319 g/mol. The molecule has 1 aliphatic rings. The third-order valence-electron chi connectivity index (χ3n) is 4.41. The second kappa shape index (κ2) is 6.32. The van der Waals surface area contributed by atoms with E-state index in [0.717, 1.165) is 30.0 Å². The molecule has 6 heteroatoms. The van der Waals surface area contributed by atoms with Gasteiger partial charge in [-0.15, -0.1) is 0 Å². The number of benzene rings is 1. The molecule has 1 fully saturated rings. The first-order chi connectivity index (χ1) is 10.6. The van der Waals surface area contributed by atoms with Crippen molar-refractivity contribution in [1.82, 2.24) is 9.29 Å². The van der Waals surface area contributed by atoms with Crippen molar-refractivity contribution >= 4 is 20.8 Å². The van der Waals surface area contributed by atoms with Crippen LogP contribution in [-0.4, -0.2) is 37.3 Å². The predicted molar refractivity (Wildman–Crippen MR) is 86.9 cm³/mol. The Morgan fingerprint density at radius 2 is 2.00 bits per heavy atom. The van der Waals surface area contributed by atoms with Crippen molar-refractivity contribution < 1.29 is 8.42 Å². The third-order valence-corrected chi connectivity index (χ3v) is 6.36. The number of aromatic nitrogens is 1. The molecule has 0 aliphatic carbocycles. The van der Waals surface area contributed by atoms with Crippen LogP contribution in [0, 0.1) is 5.92 Å².